The number of nitrogens with one attached hydrogen (secondary N) is 1. The molecule has 0 atom stereocenters. The molecular weight excluding hydrogens is 278 g/mol. The monoisotopic (exact) mass is 299 g/mol. The molecule has 2 nitrogen and oxygen atoms in total. The lowest BCUT2D eigenvalue weighted by Gasteiger charge is -2.10. The molecule has 0 radical (unpaired) electrons. The van der Waals surface area contributed by atoms with E-state index in [1.165, 1.54) is 4.90 Å². The first-order valence-corrected chi connectivity index (χ1v) is 8.23. The Kier molecular flexibility index (Phi) is 6.35. The average Bonchev–Trinajstić information content (AvgIpc) is 2.51. The van der Waals surface area contributed by atoms with Crippen molar-refractivity contribution in [1.82, 2.24) is 0 Å². The van der Waals surface area contributed by atoms with Crippen LogP contribution in [0, 0.1) is 0 Å². The molecule has 0 unspecified atom stereocenters. The Hall–Kier alpha value is -1.74. The van der Waals surface area contributed by atoms with E-state index in [1.807, 2.05) is 42.5 Å². The van der Waals surface area contributed by atoms with Crippen molar-refractivity contribution in [3.8, 4) is 0 Å². The Morgan fingerprint density at radius 3 is 2.48 bits per heavy atom. The third-order valence-electron chi connectivity index (χ3n) is 3.14. The van der Waals surface area contributed by atoms with Gasteiger partial charge in [0.15, 0.2) is 0 Å². The molecule has 2 aromatic carbocycles. The van der Waals surface area contributed by atoms with Gasteiger partial charge in [-0.3, -0.25) is 4.79 Å². The van der Waals surface area contributed by atoms with E-state index < -0.39 is 0 Å². The van der Waals surface area contributed by atoms with Crippen LogP contribution >= 0.6 is 11.8 Å². The number of carbonyl (C=O) groups is 1. The summed E-state index contributed by atoms with van der Waals surface area (Å²) in [6, 6.07) is 18.2. The van der Waals surface area contributed by atoms with Crippen molar-refractivity contribution in [3.05, 3.63) is 54.6 Å². The van der Waals surface area contributed by atoms with Crippen molar-refractivity contribution in [1.29, 1.82) is 0 Å². The van der Waals surface area contributed by atoms with Crippen molar-refractivity contribution >= 4 is 23.4 Å². The Balaban J connectivity index is 2.01. The summed E-state index contributed by atoms with van der Waals surface area (Å²) >= 11 is 1.67. The number of benzene rings is 2. The third-order valence-corrected chi connectivity index (χ3v) is 4.22. The molecule has 0 saturated heterocycles. The van der Waals surface area contributed by atoms with Gasteiger partial charge in [0.1, 0.15) is 0 Å². The number of rotatable bonds is 7. The molecule has 21 heavy (non-hydrogen) atoms. The van der Waals surface area contributed by atoms with Gasteiger partial charge >= 0.3 is 0 Å². The van der Waals surface area contributed by atoms with Gasteiger partial charge in [0.05, 0.1) is 5.69 Å². The molecule has 0 aliphatic rings. The van der Waals surface area contributed by atoms with Crippen LogP contribution in [0.3, 0.4) is 0 Å². The number of hydrogen-bond donors (Lipinski definition) is 1. The standard InChI is InChI=1S/C18H21NOS/c1-2-3-5-14-18(20)19-16-12-8-9-13-17(16)21-15-10-6-4-7-11-15/h4,6-13H,2-3,5,14H2,1H3,(H,19,20). The average molecular weight is 299 g/mol. The fourth-order valence-electron chi connectivity index (χ4n) is 2.02. The smallest absolute Gasteiger partial charge is 0.224 e. The van der Waals surface area contributed by atoms with E-state index in [4.69, 9.17) is 0 Å². The molecule has 0 fully saturated rings. The highest BCUT2D eigenvalue weighted by atomic mass is 32.2. The number of hydrogen-bond acceptors (Lipinski definition) is 2. The van der Waals surface area contributed by atoms with Gasteiger partial charge in [0.25, 0.3) is 0 Å². The first-order chi connectivity index (χ1) is 10.3. The molecule has 1 amide bonds. The van der Waals surface area contributed by atoms with Crippen molar-refractivity contribution in [2.45, 2.75) is 42.4 Å². The predicted molar refractivity (Wildman–Crippen MR) is 89.8 cm³/mol. The highest BCUT2D eigenvalue weighted by Crippen LogP contribution is 2.33. The third kappa shape index (κ3) is 5.27. The van der Waals surface area contributed by atoms with Crippen LogP contribution in [0.4, 0.5) is 5.69 Å². The van der Waals surface area contributed by atoms with Crippen LogP contribution in [0.5, 0.6) is 0 Å². The highest BCUT2D eigenvalue weighted by Gasteiger charge is 2.07. The zero-order chi connectivity index (χ0) is 14.9. The molecular formula is C18H21NOS. The van der Waals surface area contributed by atoms with Gasteiger partial charge in [-0.05, 0) is 30.7 Å². The molecule has 110 valence electrons. The molecule has 0 heterocycles. The normalized spacial score (nSPS) is 10.3. The molecule has 1 N–H and O–H groups in total. The molecule has 2 rings (SSSR count). The van der Waals surface area contributed by atoms with Crippen molar-refractivity contribution in [2.24, 2.45) is 0 Å². The Bertz CT molecular complexity index is 568. The predicted octanol–water partition coefficient (Wildman–Crippen LogP) is 5.36. The zero-order valence-electron chi connectivity index (χ0n) is 12.3. The topological polar surface area (TPSA) is 29.1 Å². The highest BCUT2D eigenvalue weighted by molar-refractivity contribution is 7.99. The summed E-state index contributed by atoms with van der Waals surface area (Å²) in [5.41, 5.74) is 0.896. The van der Waals surface area contributed by atoms with E-state index in [-0.39, 0.29) is 5.91 Å². The number of anilines is 1. The van der Waals surface area contributed by atoms with E-state index in [1.54, 1.807) is 11.8 Å². The van der Waals surface area contributed by atoms with Crippen LogP contribution in [0.1, 0.15) is 32.6 Å². The molecule has 0 aromatic heterocycles. The number of para-hydroxylation sites is 1. The first-order valence-electron chi connectivity index (χ1n) is 7.41. The number of amides is 1. The second kappa shape index (κ2) is 8.53. The van der Waals surface area contributed by atoms with Crippen molar-refractivity contribution in [3.63, 3.8) is 0 Å². The lowest BCUT2D eigenvalue weighted by atomic mass is 10.2. The lowest BCUT2D eigenvalue weighted by Crippen LogP contribution is -2.11. The second-order valence-corrected chi connectivity index (χ2v) is 6.03. The van der Waals surface area contributed by atoms with Gasteiger partial charge in [-0.25, -0.2) is 0 Å². The summed E-state index contributed by atoms with van der Waals surface area (Å²) in [5, 5.41) is 3.03. The fourth-order valence-corrected chi connectivity index (χ4v) is 2.95. The van der Waals surface area contributed by atoms with Crippen LogP contribution in [-0.4, -0.2) is 5.91 Å². The summed E-state index contributed by atoms with van der Waals surface area (Å²) in [6.45, 7) is 2.14. The fraction of sp³-hybridized carbons (Fsp3) is 0.278. The first kappa shape index (κ1) is 15.6. The van der Waals surface area contributed by atoms with Gasteiger partial charge in [-0.1, -0.05) is 61.9 Å². The molecule has 0 saturated carbocycles. The SMILES string of the molecule is CCCCCC(=O)Nc1ccccc1Sc1ccccc1. The lowest BCUT2D eigenvalue weighted by molar-refractivity contribution is -0.116. The number of unbranched alkanes of at least 4 members (excludes halogenated alkanes) is 2. The van der Waals surface area contributed by atoms with E-state index in [2.05, 4.69) is 24.4 Å². The summed E-state index contributed by atoms with van der Waals surface area (Å²) in [4.78, 5) is 14.2. The summed E-state index contributed by atoms with van der Waals surface area (Å²) in [5.74, 6) is 0.101. The Morgan fingerprint density at radius 1 is 1.00 bits per heavy atom. The Labute approximate surface area is 131 Å². The minimum Gasteiger partial charge on any atom is -0.325 e. The molecule has 0 aliphatic carbocycles. The zero-order valence-corrected chi connectivity index (χ0v) is 13.2. The maximum absolute atomic E-state index is 12.0. The molecule has 2 aromatic rings. The van der Waals surface area contributed by atoms with Gasteiger partial charge in [-0.2, -0.15) is 0 Å². The molecule has 0 bridgehead atoms. The minimum absolute atomic E-state index is 0.101. The van der Waals surface area contributed by atoms with E-state index in [0.717, 1.165) is 29.8 Å². The van der Waals surface area contributed by atoms with Gasteiger partial charge in [-0.15, -0.1) is 0 Å². The largest absolute Gasteiger partial charge is 0.325 e. The second-order valence-electron chi connectivity index (χ2n) is 4.92. The van der Waals surface area contributed by atoms with E-state index in [9.17, 15) is 4.79 Å². The number of carbonyl (C=O) groups excluding carboxylic acids is 1. The maximum atomic E-state index is 12.0. The van der Waals surface area contributed by atoms with Crippen LogP contribution < -0.4 is 5.32 Å². The van der Waals surface area contributed by atoms with Crippen LogP contribution in [0.2, 0.25) is 0 Å². The maximum Gasteiger partial charge on any atom is 0.224 e. The minimum atomic E-state index is 0.101. The van der Waals surface area contributed by atoms with Crippen LogP contribution in [-0.2, 0) is 4.79 Å². The molecule has 3 heteroatoms. The summed E-state index contributed by atoms with van der Waals surface area (Å²) in [6.07, 6.45) is 3.79. The Morgan fingerprint density at radius 2 is 1.71 bits per heavy atom. The summed E-state index contributed by atoms with van der Waals surface area (Å²) in [7, 11) is 0. The van der Waals surface area contributed by atoms with Crippen molar-refractivity contribution in [2.75, 3.05) is 5.32 Å². The van der Waals surface area contributed by atoms with Crippen LogP contribution in [0.15, 0.2) is 64.4 Å². The molecule has 0 aliphatic heterocycles. The van der Waals surface area contributed by atoms with Gasteiger partial charge in [0.2, 0.25) is 5.91 Å². The quantitative estimate of drug-likeness (QED) is 0.698. The van der Waals surface area contributed by atoms with Gasteiger partial charge < -0.3 is 5.32 Å². The van der Waals surface area contributed by atoms with Crippen LogP contribution in [0.25, 0.3) is 0 Å². The van der Waals surface area contributed by atoms with Gasteiger partial charge in [0, 0.05) is 16.2 Å². The summed E-state index contributed by atoms with van der Waals surface area (Å²) < 4.78 is 0. The molecule has 0 spiro atoms. The van der Waals surface area contributed by atoms with Crippen molar-refractivity contribution < 1.29 is 4.79 Å². The van der Waals surface area contributed by atoms with E-state index in [0.29, 0.717) is 6.42 Å². The van der Waals surface area contributed by atoms with E-state index >= 15 is 0 Å².